The van der Waals surface area contributed by atoms with E-state index in [9.17, 15) is 17.6 Å². The van der Waals surface area contributed by atoms with Crippen molar-refractivity contribution < 1.29 is 17.6 Å². The van der Waals surface area contributed by atoms with Crippen LogP contribution < -0.4 is 0 Å². The normalized spacial score (nSPS) is 12.0. The predicted molar refractivity (Wildman–Crippen MR) is 72.2 cm³/mol. The van der Waals surface area contributed by atoms with Gasteiger partial charge in [0.05, 0.1) is 5.56 Å². The Morgan fingerprint density at radius 2 is 1.50 bits per heavy atom. The first-order valence-electron chi connectivity index (χ1n) is 5.79. The number of fused-ring (bicyclic) bond motifs is 1. The number of halogens is 4. The van der Waals surface area contributed by atoms with E-state index in [4.69, 9.17) is 0 Å². The van der Waals surface area contributed by atoms with Crippen molar-refractivity contribution in [3.05, 3.63) is 59.2 Å². The van der Waals surface area contributed by atoms with Gasteiger partial charge in [-0.2, -0.15) is 13.2 Å². The van der Waals surface area contributed by atoms with Gasteiger partial charge in [-0.05, 0) is 35.4 Å². The van der Waals surface area contributed by atoms with Gasteiger partial charge in [0.2, 0.25) is 0 Å². The Balaban J connectivity index is 2.04. The molecule has 0 fully saturated rings. The lowest BCUT2D eigenvalue weighted by Gasteiger charge is -2.08. The van der Waals surface area contributed by atoms with Crippen molar-refractivity contribution in [1.82, 2.24) is 0 Å². The summed E-state index contributed by atoms with van der Waals surface area (Å²) in [7, 11) is 0. The lowest BCUT2D eigenvalue weighted by Crippen LogP contribution is -2.03. The lowest BCUT2D eigenvalue weighted by molar-refractivity contribution is -0.137. The van der Waals surface area contributed by atoms with Crippen LogP contribution in [0, 0.1) is 5.82 Å². The van der Waals surface area contributed by atoms with E-state index in [1.54, 1.807) is 18.2 Å². The highest BCUT2D eigenvalue weighted by atomic mass is 32.1. The Labute approximate surface area is 116 Å². The second kappa shape index (κ2) is 4.59. The van der Waals surface area contributed by atoms with Gasteiger partial charge in [0.25, 0.3) is 0 Å². The topological polar surface area (TPSA) is 0 Å². The van der Waals surface area contributed by atoms with Gasteiger partial charge >= 0.3 is 6.18 Å². The van der Waals surface area contributed by atoms with Crippen LogP contribution >= 0.6 is 11.3 Å². The van der Waals surface area contributed by atoms with Crippen molar-refractivity contribution in [1.29, 1.82) is 0 Å². The largest absolute Gasteiger partial charge is 0.416 e. The third-order valence-corrected chi connectivity index (χ3v) is 4.01. The van der Waals surface area contributed by atoms with Crippen LogP contribution in [0.2, 0.25) is 0 Å². The molecule has 0 atom stereocenters. The fraction of sp³-hybridized carbons (Fsp3) is 0.0667. The standard InChI is InChI=1S/C15H8F4S/c16-13-8-20-14-6-3-10(7-12(13)14)9-1-4-11(5-2-9)15(17,18)19/h1-8H. The number of rotatable bonds is 1. The summed E-state index contributed by atoms with van der Waals surface area (Å²) in [6.45, 7) is 0. The monoisotopic (exact) mass is 296 g/mol. The van der Waals surface area contributed by atoms with E-state index < -0.39 is 11.7 Å². The first-order valence-corrected chi connectivity index (χ1v) is 6.67. The summed E-state index contributed by atoms with van der Waals surface area (Å²) in [6, 6.07) is 10.1. The molecule has 0 nitrogen and oxygen atoms in total. The molecule has 0 spiro atoms. The maximum Gasteiger partial charge on any atom is 0.416 e. The highest BCUT2D eigenvalue weighted by Gasteiger charge is 2.29. The fourth-order valence-corrected chi connectivity index (χ4v) is 2.82. The fourth-order valence-electron chi connectivity index (χ4n) is 2.03. The molecule has 3 rings (SSSR count). The molecule has 0 saturated heterocycles. The Bertz CT molecular complexity index is 754. The molecule has 0 saturated carbocycles. The van der Waals surface area contributed by atoms with Gasteiger partial charge in [0, 0.05) is 15.5 Å². The van der Waals surface area contributed by atoms with E-state index in [-0.39, 0.29) is 5.82 Å². The van der Waals surface area contributed by atoms with Crippen LogP contribution in [0.1, 0.15) is 5.56 Å². The molecule has 2 aromatic carbocycles. The molecule has 0 aliphatic rings. The molecule has 0 radical (unpaired) electrons. The average Bonchev–Trinajstić information content (AvgIpc) is 2.79. The van der Waals surface area contributed by atoms with Crippen molar-refractivity contribution in [3.8, 4) is 11.1 Å². The van der Waals surface area contributed by atoms with E-state index >= 15 is 0 Å². The number of hydrogen-bond acceptors (Lipinski definition) is 1. The molecule has 0 amide bonds. The Kier molecular flexibility index (Phi) is 3.01. The number of thiophene rings is 1. The molecular weight excluding hydrogens is 288 g/mol. The summed E-state index contributed by atoms with van der Waals surface area (Å²) in [6.07, 6.45) is -4.35. The summed E-state index contributed by atoms with van der Waals surface area (Å²) in [4.78, 5) is 0. The molecule has 5 heteroatoms. The summed E-state index contributed by atoms with van der Waals surface area (Å²) in [5.74, 6) is -0.307. The third-order valence-electron chi connectivity index (χ3n) is 3.07. The third kappa shape index (κ3) is 2.29. The van der Waals surface area contributed by atoms with Crippen LogP contribution in [0.25, 0.3) is 21.2 Å². The van der Waals surface area contributed by atoms with Crippen molar-refractivity contribution >= 4 is 21.4 Å². The molecular formula is C15H8F4S. The minimum atomic E-state index is -4.35. The van der Waals surface area contributed by atoms with Crippen LogP contribution in [0.4, 0.5) is 17.6 Å². The number of benzene rings is 2. The maximum atomic E-state index is 13.5. The van der Waals surface area contributed by atoms with Crippen LogP contribution in [0.15, 0.2) is 47.8 Å². The first-order chi connectivity index (χ1) is 9.45. The molecule has 102 valence electrons. The molecule has 0 unspecified atom stereocenters. The van der Waals surface area contributed by atoms with Gasteiger partial charge < -0.3 is 0 Å². The second-order valence-electron chi connectivity index (χ2n) is 4.37. The molecule has 1 aromatic heterocycles. The molecule has 3 aromatic rings. The number of hydrogen-bond donors (Lipinski definition) is 0. The number of alkyl halides is 3. The van der Waals surface area contributed by atoms with Crippen LogP contribution in [0.5, 0.6) is 0 Å². The Morgan fingerprint density at radius 3 is 2.15 bits per heavy atom. The van der Waals surface area contributed by atoms with E-state index in [1.165, 1.54) is 28.8 Å². The van der Waals surface area contributed by atoms with Crippen molar-refractivity contribution in [2.45, 2.75) is 6.18 Å². The van der Waals surface area contributed by atoms with E-state index in [2.05, 4.69) is 0 Å². The second-order valence-corrected chi connectivity index (χ2v) is 5.28. The summed E-state index contributed by atoms with van der Waals surface area (Å²) >= 11 is 1.30. The minimum absolute atomic E-state index is 0.307. The molecule has 0 bridgehead atoms. The van der Waals surface area contributed by atoms with Gasteiger partial charge in [-0.25, -0.2) is 4.39 Å². The highest BCUT2D eigenvalue weighted by Crippen LogP contribution is 2.33. The zero-order valence-corrected chi connectivity index (χ0v) is 10.9. The highest BCUT2D eigenvalue weighted by molar-refractivity contribution is 7.17. The van der Waals surface area contributed by atoms with E-state index in [1.807, 2.05) is 0 Å². The van der Waals surface area contributed by atoms with Crippen LogP contribution in [-0.4, -0.2) is 0 Å². The maximum absolute atomic E-state index is 13.5. The Morgan fingerprint density at radius 1 is 0.850 bits per heavy atom. The van der Waals surface area contributed by atoms with Crippen molar-refractivity contribution in [3.63, 3.8) is 0 Å². The molecule has 0 aliphatic heterocycles. The molecule has 20 heavy (non-hydrogen) atoms. The zero-order chi connectivity index (χ0) is 14.3. The quantitative estimate of drug-likeness (QED) is 0.503. The average molecular weight is 296 g/mol. The predicted octanol–water partition coefficient (Wildman–Crippen LogP) is 5.73. The first kappa shape index (κ1) is 13.1. The van der Waals surface area contributed by atoms with Crippen LogP contribution in [-0.2, 0) is 6.18 Å². The molecule has 0 aliphatic carbocycles. The smallest absolute Gasteiger partial charge is 0.205 e. The van der Waals surface area contributed by atoms with Gasteiger partial charge in [0.1, 0.15) is 5.82 Å². The van der Waals surface area contributed by atoms with Gasteiger partial charge in [0.15, 0.2) is 0 Å². The van der Waals surface area contributed by atoms with Crippen LogP contribution in [0.3, 0.4) is 0 Å². The zero-order valence-electron chi connectivity index (χ0n) is 10.0. The Hall–Kier alpha value is -1.88. The van der Waals surface area contributed by atoms with Crippen molar-refractivity contribution in [2.75, 3.05) is 0 Å². The van der Waals surface area contributed by atoms with E-state index in [0.717, 1.165) is 16.8 Å². The van der Waals surface area contributed by atoms with E-state index in [0.29, 0.717) is 16.5 Å². The van der Waals surface area contributed by atoms with Gasteiger partial charge in [-0.15, -0.1) is 11.3 Å². The van der Waals surface area contributed by atoms with Gasteiger partial charge in [-0.1, -0.05) is 18.2 Å². The summed E-state index contributed by atoms with van der Waals surface area (Å²) in [5.41, 5.74) is 0.637. The molecule has 1 heterocycles. The minimum Gasteiger partial charge on any atom is -0.205 e. The van der Waals surface area contributed by atoms with Crippen molar-refractivity contribution in [2.24, 2.45) is 0 Å². The SMILES string of the molecule is Fc1csc2ccc(-c3ccc(C(F)(F)F)cc3)cc12. The van der Waals surface area contributed by atoms with Gasteiger partial charge in [-0.3, -0.25) is 0 Å². The summed E-state index contributed by atoms with van der Waals surface area (Å²) in [5, 5.41) is 1.91. The lowest BCUT2D eigenvalue weighted by atomic mass is 10.0. The molecule has 0 N–H and O–H groups in total. The summed E-state index contributed by atoms with van der Waals surface area (Å²) < 4.78 is 51.8.